The van der Waals surface area contributed by atoms with Gasteiger partial charge in [0.15, 0.2) is 0 Å². The highest BCUT2D eigenvalue weighted by Gasteiger charge is 2.16. The molecule has 5 nitrogen and oxygen atoms in total. The van der Waals surface area contributed by atoms with Crippen molar-refractivity contribution in [1.82, 2.24) is 10.2 Å². The number of nitrogens with one attached hydrogen (secondary N) is 1. The smallest absolute Gasteiger partial charge is 0.373 e. The molecular formula is C14H24N2O3. The number of carbonyl (C=O) groups excluding carboxylic acids is 1. The molecule has 0 amide bonds. The van der Waals surface area contributed by atoms with Crippen molar-refractivity contribution in [1.29, 1.82) is 0 Å². The maximum absolute atomic E-state index is 11.3. The summed E-state index contributed by atoms with van der Waals surface area (Å²) < 4.78 is 10.1. The summed E-state index contributed by atoms with van der Waals surface area (Å²) in [6.45, 7) is 5.20. The molecule has 5 heteroatoms. The van der Waals surface area contributed by atoms with E-state index in [1.807, 2.05) is 13.0 Å². The molecule has 0 aliphatic rings. The van der Waals surface area contributed by atoms with Crippen molar-refractivity contribution in [3.8, 4) is 0 Å². The molecule has 0 radical (unpaired) electrons. The van der Waals surface area contributed by atoms with Crippen molar-refractivity contribution in [3.63, 3.8) is 0 Å². The Balaban J connectivity index is 2.51. The van der Waals surface area contributed by atoms with Crippen LogP contribution in [0.5, 0.6) is 0 Å². The Morgan fingerprint density at radius 2 is 2.11 bits per heavy atom. The van der Waals surface area contributed by atoms with Crippen LogP contribution in [0.25, 0.3) is 0 Å². The van der Waals surface area contributed by atoms with Crippen LogP contribution in [0.1, 0.15) is 42.6 Å². The normalized spacial score (nSPS) is 14.4. The molecule has 0 aromatic carbocycles. The van der Waals surface area contributed by atoms with Crippen molar-refractivity contribution in [2.24, 2.45) is 0 Å². The molecule has 0 aliphatic heterocycles. The Morgan fingerprint density at radius 1 is 1.42 bits per heavy atom. The molecule has 0 saturated carbocycles. The monoisotopic (exact) mass is 268 g/mol. The van der Waals surface area contributed by atoms with Crippen LogP contribution in [0, 0.1) is 0 Å². The summed E-state index contributed by atoms with van der Waals surface area (Å²) in [6.07, 6.45) is 1.06. The summed E-state index contributed by atoms with van der Waals surface area (Å²) in [5.74, 6) is 0.545. The van der Waals surface area contributed by atoms with E-state index in [0.29, 0.717) is 6.04 Å². The molecule has 0 bridgehead atoms. The van der Waals surface area contributed by atoms with Gasteiger partial charge in [0.1, 0.15) is 5.76 Å². The Labute approximate surface area is 114 Å². The SMILES string of the molecule is COC(=O)c1ccc(C(C)NC(C)CCN(C)C)o1. The standard InChI is InChI=1S/C14H24N2O3/c1-10(8-9-16(3)4)15-11(2)12-6-7-13(19-12)14(17)18-5/h6-7,10-11,15H,8-9H2,1-5H3. The second-order valence-corrected chi connectivity index (χ2v) is 5.07. The predicted octanol–water partition coefficient (Wildman–Crippen LogP) is 2.06. The van der Waals surface area contributed by atoms with Crippen LogP contribution < -0.4 is 5.32 Å². The van der Waals surface area contributed by atoms with E-state index in [4.69, 9.17) is 4.42 Å². The molecular weight excluding hydrogens is 244 g/mol. The number of methoxy groups -OCH3 is 1. The summed E-state index contributed by atoms with van der Waals surface area (Å²) in [7, 11) is 5.46. The molecule has 0 spiro atoms. The van der Waals surface area contributed by atoms with Crippen molar-refractivity contribution in [2.45, 2.75) is 32.4 Å². The predicted molar refractivity (Wildman–Crippen MR) is 74.2 cm³/mol. The van der Waals surface area contributed by atoms with Gasteiger partial charge < -0.3 is 19.4 Å². The zero-order valence-corrected chi connectivity index (χ0v) is 12.4. The minimum absolute atomic E-state index is 0.0653. The van der Waals surface area contributed by atoms with Gasteiger partial charge in [0.25, 0.3) is 0 Å². The van der Waals surface area contributed by atoms with Gasteiger partial charge in [-0.15, -0.1) is 0 Å². The quantitative estimate of drug-likeness (QED) is 0.767. The summed E-state index contributed by atoms with van der Waals surface area (Å²) in [5, 5.41) is 3.45. The average molecular weight is 268 g/mol. The molecule has 108 valence electrons. The fourth-order valence-corrected chi connectivity index (χ4v) is 1.84. The molecule has 1 aromatic rings. The lowest BCUT2D eigenvalue weighted by molar-refractivity contribution is 0.0562. The first-order valence-corrected chi connectivity index (χ1v) is 6.53. The third kappa shape index (κ3) is 5.04. The van der Waals surface area contributed by atoms with Gasteiger partial charge in [-0.3, -0.25) is 0 Å². The van der Waals surface area contributed by atoms with Gasteiger partial charge in [-0.05, 0) is 53.0 Å². The van der Waals surface area contributed by atoms with Gasteiger partial charge in [-0.25, -0.2) is 4.79 Å². The van der Waals surface area contributed by atoms with E-state index in [2.05, 4.69) is 36.0 Å². The summed E-state index contributed by atoms with van der Waals surface area (Å²) in [4.78, 5) is 13.5. The van der Waals surface area contributed by atoms with Gasteiger partial charge >= 0.3 is 5.97 Å². The van der Waals surface area contributed by atoms with Crippen molar-refractivity contribution in [2.75, 3.05) is 27.7 Å². The van der Waals surface area contributed by atoms with Crippen LogP contribution in [0.3, 0.4) is 0 Å². The molecule has 1 aromatic heterocycles. The first-order chi connectivity index (χ1) is 8.93. The van der Waals surface area contributed by atoms with E-state index in [1.54, 1.807) is 6.07 Å². The number of carbonyl (C=O) groups is 1. The van der Waals surface area contributed by atoms with E-state index in [9.17, 15) is 4.79 Å². The second kappa shape index (κ2) is 7.31. The zero-order chi connectivity index (χ0) is 14.4. The molecule has 2 unspecified atom stereocenters. The Kier molecular flexibility index (Phi) is 6.05. The molecule has 0 aliphatic carbocycles. The number of esters is 1. The number of ether oxygens (including phenoxy) is 1. The maximum atomic E-state index is 11.3. The number of furan rings is 1. The zero-order valence-electron chi connectivity index (χ0n) is 12.4. The highest BCUT2D eigenvalue weighted by Crippen LogP contribution is 2.17. The van der Waals surface area contributed by atoms with Crippen LogP contribution in [-0.2, 0) is 4.74 Å². The molecule has 0 saturated heterocycles. The largest absolute Gasteiger partial charge is 0.463 e. The van der Waals surface area contributed by atoms with Crippen LogP contribution in [0.15, 0.2) is 16.5 Å². The Hall–Kier alpha value is -1.33. The molecule has 1 rings (SSSR count). The van der Waals surface area contributed by atoms with Gasteiger partial charge in [-0.1, -0.05) is 0 Å². The van der Waals surface area contributed by atoms with Gasteiger partial charge in [0.2, 0.25) is 5.76 Å². The van der Waals surface area contributed by atoms with E-state index < -0.39 is 5.97 Å². The van der Waals surface area contributed by atoms with Crippen LogP contribution >= 0.6 is 0 Å². The maximum Gasteiger partial charge on any atom is 0.373 e. The Morgan fingerprint density at radius 3 is 2.68 bits per heavy atom. The van der Waals surface area contributed by atoms with Gasteiger partial charge in [0.05, 0.1) is 13.2 Å². The lowest BCUT2D eigenvalue weighted by atomic mass is 10.2. The summed E-state index contributed by atoms with van der Waals surface area (Å²) >= 11 is 0. The summed E-state index contributed by atoms with van der Waals surface area (Å²) in [5.41, 5.74) is 0. The fraction of sp³-hybridized carbons (Fsp3) is 0.643. The fourth-order valence-electron chi connectivity index (χ4n) is 1.84. The first-order valence-electron chi connectivity index (χ1n) is 6.53. The van der Waals surface area contributed by atoms with Crippen LogP contribution in [-0.4, -0.2) is 44.7 Å². The van der Waals surface area contributed by atoms with E-state index in [-0.39, 0.29) is 11.8 Å². The van der Waals surface area contributed by atoms with Crippen molar-refractivity contribution >= 4 is 5.97 Å². The Bertz CT molecular complexity index is 401. The molecule has 1 heterocycles. The number of hydrogen-bond donors (Lipinski definition) is 1. The minimum atomic E-state index is -0.445. The number of nitrogens with zero attached hydrogens (tertiary/aromatic N) is 1. The third-order valence-electron chi connectivity index (χ3n) is 2.98. The number of rotatable bonds is 7. The van der Waals surface area contributed by atoms with E-state index in [1.165, 1.54) is 7.11 Å². The first kappa shape index (κ1) is 15.7. The molecule has 19 heavy (non-hydrogen) atoms. The molecule has 2 atom stereocenters. The van der Waals surface area contributed by atoms with Gasteiger partial charge in [-0.2, -0.15) is 0 Å². The average Bonchev–Trinajstić information content (AvgIpc) is 2.85. The third-order valence-corrected chi connectivity index (χ3v) is 2.98. The van der Waals surface area contributed by atoms with Gasteiger partial charge in [0, 0.05) is 6.04 Å². The second-order valence-electron chi connectivity index (χ2n) is 5.07. The summed E-state index contributed by atoms with van der Waals surface area (Å²) in [6, 6.07) is 3.89. The highest BCUT2D eigenvalue weighted by molar-refractivity contribution is 5.86. The van der Waals surface area contributed by atoms with Crippen LogP contribution in [0.4, 0.5) is 0 Å². The molecule has 0 fully saturated rings. The highest BCUT2D eigenvalue weighted by atomic mass is 16.5. The lowest BCUT2D eigenvalue weighted by Gasteiger charge is -2.20. The van der Waals surface area contributed by atoms with Crippen molar-refractivity contribution in [3.05, 3.63) is 23.7 Å². The lowest BCUT2D eigenvalue weighted by Crippen LogP contribution is -2.31. The van der Waals surface area contributed by atoms with E-state index >= 15 is 0 Å². The minimum Gasteiger partial charge on any atom is -0.463 e. The molecule has 1 N–H and O–H groups in total. The van der Waals surface area contributed by atoms with Crippen LogP contribution in [0.2, 0.25) is 0 Å². The topological polar surface area (TPSA) is 54.7 Å². The van der Waals surface area contributed by atoms with E-state index in [0.717, 1.165) is 18.7 Å². The van der Waals surface area contributed by atoms with Crippen molar-refractivity contribution < 1.29 is 13.9 Å². The number of hydrogen-bond acceptors (Lipinski definition) is 5.